The number of carbonyl (C=O) groups excluding carboxylic acids is 1. The molecule has 0 unspecified atom stereocenters. The summed E-state index contributed by atoms with van der Waals surface area (Å²) in [5, 5.41) is 7.03. The molecule has 1 aromatic heterocycles. The molecule has 1 aliphatic rings. The van der Waals surface area contributed by atoms with Crippen molar-refractivity contribution in [1.29, 1.82) is 0 Å². The number of methoxy groups -OCH3 is 1. The van der Waals surface area contributed by atoms with Crippen molar-refractivity contribution >= 4 is 11.7 Å². The molecule has 134 valence electrons. The van der Waals surface area contributed by atoms with Crippen LogP contribution in [0.2, 0.25) is 0 Å². The lowest BCUT2D eigenvalue weighted by Gasteiger charge is -2.26. The van der Waals surface area contributed by atoms with Gasteiger partial charge in [0.1, 0.15) is 17.1 Å². The summed E-state index contributed by atoms with van der Waals surface area (Å²) in [6, 6.07) is 8.43. The smallest absolute Gasteiger partial charge is 0.256 e. The van der Waals surface area contributed by atoms with Crippen molar-refractivity contribution in [3.8, 4) is 5.75 Å². The molecule has 0 radical (unpaired) electrons. The van der Waals surface area contributed by atoms with E-state index in [2.05, 4.69) is 34.5 Å². The predicted molar refractivity (Wildman–Crippen MR) is 96.4 cm³/mol. The monoisotopic (exact) mass is 343 g/mol. The van der Waals surface area contributed by atoms with E-state index in [0.29, 0.717) is 23.8 Å². The number of likely N-dealkylation sites (tertiary alicyclic amines) is 1. The predicted octanol–water partition coefficient (Wildman–Crippen LogP) is 1.43. The topological polar surface area (TPSA) is 85.4 Å². The third kappa shape index (κ3) is 3.46. The number of rotatable bonds is 5. The molecule has 25 heavy (non-hydrogen) atoms. The highest BCUT2D eigenvalue weighted by molar-refractivity contribution is 5.98. The van der Waals surface area contributed by atoms with E-state index in [4.69, 9.17) is 10.5 Å². The van der Waals surface area contributed by atoms with Crippen LogP contribution in [0.1, 0.15) is 28.4 Å². The Balaban J connectivity index is 1.68. The molecular formula is C18H25N5O2. The number of ether oxygens (including phenoxy) is 1. The molecule has 2 heterocycles. The minimum absolute atomic E-state index is 0.173. The maximum absolute atomic E-state index is 12.4. The third-order valence-electron chi connectivity index (χ3n) is 4.99. The number of anilines is 1. The number of hydrogen-bond acceptors (Lipinski definition) is 5. The molecule has 0 aliphatic carbocycles. The van der Waals surface area contributed by atoms with Crippen LogP contribution in [0.25, 0.3) is 0 Å². The summed E-state index contributed by atoms with van der Waals surface area (Å²) in [7, 11) is 5.51. The summed E-state index contributed by atoms with van der Waals surface area (Å²) in [5.41, 5.74) is 7.54. The largest absolute Gasteiger partial charge is 0.497 e. The van der Waals surface area contributed by atoms with Crippen molar-refractivity contribution in [3.63, 3.8) is 0 Å². The second kappa shape index (κ2) is 7.14. The Labute approximate surface area is 147 Å². The van der Waals surface area contributed by atoms with E-state index < -0.39 is 0 Å². The number of carbonyl (C=O) groups is 1. The van der Waals surface area contributed by atoms with E-state index in [9.17, 15) is 4.79 Å². The Morgan fingerprint density at radius 1 is 1.36 bits per heavy atom. The van der Waals surface area contributed by atoms with Crippen LogP contribution in [-0.2, 0) is 7.05 Å². The van der Waals surface area contributed by atoms with Crippen LogP contribution in [0.3, 0.4) is 0 Å². The molecule has 1 aromatic carbocycles. The van der Waals surface area contributed by atoms with Crippen molar-refractivity contribution in [2.24, 2.45) is 13.0 Å². The van der Waals surface area contributed by atoms with Gasteiger partial charge in [-0.05, 0) is 43.6 Å². The number of nitrogens with one attached hydrogen (secondary N) is 1. The lowest BCUT2D eigenvalue weighted by atomic mass is 9.93. The summed E-state index contributed by atoms with van der Waals surface area (Å²) < 4.78 is 6.73. The summed E-state index contributed by atoms with van der Waals surface area (Å²) in [4.78, 5) is 14.7. The molecular weight excluding hydrogens is 318 g/mol. The first-order valence-corrected chi connectivity index (χ1v) is 8.41. The molecule has 1 aliphatic heterocycles. The van der Waals surface area contributed by atoms with Gasteiger partial charge in [0.05, 0.1) is 13.3 Å². The molecule has 1 fully saturated rings. The SMILES string of the molecule is COc1ccc([C@@H]2[C@@H](CNC(=O)c3cnn(C)c3N)CCN2C)cc1. The summed E-state index contributed by atoms with van der Waals surface area (Å²) in [5.74, 6) is 1.41. The second-order valence-corrected chi connectivity index (χ2v) is 6.52. The van der Waals surface area contributed by atoms with Gasteiger partial charge in [-0.25, -0.2) is 0 Å². The molecule has 2 atom stereocenters. The highest BCUT2D eigenvalue weighted by atomic mass is 16.5. The van der Waals surface area contributed by atoms with Gasteiger partial charge in [-0.2, -0.15) is 5.10 Å². The van der Waals surface area contributed by atoms with Crippen LogP contribution in [0, 0.1) is 5.92 Å². The zero-order chi connectivity index (χ0) is 18.0. The summed E-state index contributed by atoms with van der Waals surface area (Å²) in [6.07, 6.45) is 2.54. The van der Waals surface area contributed by atoms with E-state index in [-0.39, 0.29) is 11.9 Å². The maximum atomic E-state index is 12.4. The first kappa shape index (κ1) is 17.3. The first-order chi connectivity index (χ1) is 12.0. The zero-order valence-corrected chi connectivity index (χ0v) is 14.9. The highest BCUT2D eigenvalue weighted by Gasteiger charge is 2.33. The molecule has 2 aromatic rings. The fourth-order valence-electron chi connectivity index (χ4n) is 3.51. The number of amides is 1. The minimum Gasteiger partial charge on any atom is -0.497 e. The lowest BCUT2D eigenvalue weighted by Crippen LogP contribution is -2.32. The average Bonchev–Trinajstić information content (AvgIpc) is 3.16. The van der Waals surface area contributed by atoms with Crippen molar-refractivity contribution in [2.75, 3.05) is 33.0 Å². The van der Waals surface area contributed by atoms with E-state index >= 15 is 0 Å². The third-order valence-corrected chi connectivity index (χ3v) is 4.99. The molecule has 3 N–H and O–H groups in total. The van der Waals surface area contributed by atoms with Gasteiger partial charge in [0.2, 0.25) is 0 Å². The Morgan fingerprint density at radius 3 is 2.68 bits per heavy atom. The number of aryl methyl sites for hydroxylation is 1. The number of nitrogens with two attached hydrogens (primary N) is 1. The fourth-order valence-corrected chi connectivity index (χ4v) is 3.51. The van der Waals surface area contributed by atoms with Gasteiger partial charge >= 0.3 is 0 Å². The van der Waals surface area contributed by atoms with Crippen LogP contribution in [0.15, 0.2) is 30.5 Å². The quantitative estimate of drug-likeness (QED) is 0.858. The number of nitrogen functional groups attached to an aromatic ring is 1. The zero-order valence-electron chi connectivity index (χ0n) is 14.9. The van der Waals surface area contributed by atoms with Crippen molar-refractivity contribution in [1.82, 2.24) is 20.0 Å². The Kier molecular flexibility index (Phi) is 4.94. The number of benzene rings is 1. The van der Waals surface area contributed by atoms with E-state index in [1.807, 2.05) is 12.1 Å². The molecule has 7 nitrogen and oxygen atoms in total. The molecule has 3 rings (SSSR count). The fraction of sp³-hybridized carbons (Fsp3) is 0.444. The van der Waals surface area contributed by atoms with E-state index in [0.717, 1.165) is 18.7 Å². The summed E-state index contributed by atoms with van der Waals surface area (Å²) >= 11 is 0. The first-order valence-electron chi connectivity index (χ1n) is 8.41. The number of hydrogen-bond donors (Lipinski definition) is 2. The molecule has 0 saturated carbocycles. The highest BCUT2D eigenvalue weighted by Crippen LogP contribution is 2.36. The number of nitrogens with zero attached hydrogens (tertiary/aromatic N) is 3. The van der Waals surface area contributed by atoms with Gasteiger partial charge in [0, 0.05) is 19.6 Å². The minimum atomic E-state index is -0.173. The lowest BCUT2D eigenvalue weighted by molar-refractivity contribution is 0.0944. The van der Waals surface area contributed by atoms with E-state index in [1.54, 1.807) is 14.2 Å². The van der Waals surface area contributed by atoms with Crippen LogP contribution in [-0.4, -0.2) is 47.8 Å². The normalized spacial score (nSPS) is 20.6. The van der Waals surface area contributed by atoms with Gasteiger partial charge in [0.25, 0.3) is 5.91 Å². The average molecular weight is 343 g/mol. The van der Waals surface area contributed by atoms with Crippen LogP contribution in [0.5, 0.6) is 5.75 Å². The standard InChI is InChI=1S/C18H25N5O2/c1-22-9-8-13(16(22)12-4-6-14(25-3)7-5-12)10-20-18(24)15-11-21-23(2)17(15)19/h4-7,11,13,16H,8-10,19H2,1-3H3,(H,20,24)/t13-,16-/m1/s1. The Morgan fingerprint density at radius 2 is 2.08 bits per heavy atom. The molecule has 0 bridgehead atoms. The van der Waals surface area contributed by atoms with Gasteiger partial charge in [0.15, 0.2) is 0 Å². The van der Waals surface area contributed by atoms with Gasteiger partial charge in [-0.15, -0.1) is 0 Å². The van der Waals surface area contributed by atoms with Crippen LogP contribution < -0.4 is 15.8 Å². The van der Waals surface area contributed by atoms with Gasteiger partial charge in [-0.3, -0.25) is 14.4 Å². The van der Waals surface area contributed by atoms with E-state index in [1.165, 1.54) is 16.4 Å². The Hall–Kier alpha value is -2.54. The molecule has 0 spiro atoms. The second-order valence-electron chi connectivity index (χ2n) is 6.52. The van der Waals surface area contributed by atoms with Crippen molar-refractivity contribution in [2.45, 2.75) is 12.5 Å². The van der Waals surface area contributed by atoms with Crippen LogP contribution in [0.4, 0.5) is 5.82 Å². The van der Waals surface area contributed by atoms with Crippen molar-refractivity contribution in [3.05, 3.63) is 41.6 Å². The van der Waals surface area contributed by atoms with Gasteiger partial charge in [-0.1, -0.05) is 12.1 Å². The number of aromatic nitrogens is 2. The van der Waals surface area contributed by atoms with Crippen molar-refractivity contribution < 1.29 is 9.53 Å². The maximum Gasteiger partial charge on any atom is 0.256 e. The molecule has 1 saturated heterocycles. The molecule has 1 amide bonds. The summed E-state index contributed by atoms with van der Waals surface area (Å²) in [6.45, 7) is 1.61. The molecule has 7 heteroatoms. The van der Waals surface area contributed by atoms with Gasteiger partial charge < -0.3 is 15.8 Å². The Bertz CT molecular complexity index is 740. The van der Waals surface area contributed by atoms with Crippen LogP contribution >= 0.6 is 0 Å².